The summed E-state index contributed by atoms with van der Waals surface area (Å²) in [4.78, 5) is 0. The van der Waals surface area contributed by atoms with Crippen LogP contribution in [0.25, 0.3) is 11.0 Å². The van der Waals surface area contributed by atoms with E-state index in [2.05, 4.69) is 15.4 Å². The second kappa shape index (κ2) is 2.53. The highest BCUT2D eigenvalue weighted by Gasteiger charge is 1.94. The van der Waals surface area contributed by atoms with Crippen LogP contribution in [0.4, 0.5) is 10.4 Å². The molecule has 2 aromatic rings. The van der Waals surface area contributed by atoms with Gasteiger partial charge in [-0.25, -0.2) is 0 Å². The summed E-state index contributed by atoms with van der Waals surface area (Å²) < 4.78 is 0. The third kappa shape index (κ3) is 1.12. The maximum atomic E-state index is 5.50. The monoisotopic (exact) mass is 154 g/mol. The summed E-state index contributed by atoms with van der Waals surface area (Å²) in [7, 11) is 0. The second-order valence-corrected chi connectivity index (χ2v) is 2.09. The van der Waals surface area contributed by atoms with Gasteiger partial charge in [-0.3, -0.25) is 9.80 Å². The molecule has 0 saturated carbocycles. The predicted molar refractivity (Wildman–Crippen MR) is 40.8 cm³/mol. The zero-order valence-corrected chi connectivity index (χ0v) is 5.61. The van der Waals surface area contributed by atoms with Crippen molar-refractivity contribution in [2.45, 2.75) is 0 Å². The molecule has 1 aromatic carbocycles. The van der Waals surface area contributed by atoms with Crippen LogP contribution in [0.5, 0.6) is 0 Å². The van der Waals surface area contributed by atoms with Gasteiger partial charge in [0.2, 0.25) is 0 Å². The highest BCUT2D eigenvalue weighted by molar-refractivity contribution is 5.77. The highest BCUT2D eigenvalue weighted by Crippen LogP contribution is 2.10. The number of fused-ring (bicyclic) bond motifs is 1. The van der Waals surface area contributed by atoms with Crippen LogP contribution in [0.15, 0.2) is 18.2 Å². The van der Waals surface area contributed by atoms with E-state index in [1.165, 1.54) is 0 Å². The zero-order chi connectivity index (χ0) is 6.97. The molecule has 0 fully saturated rings. The molecule has 11 heavy (non-hydrogen) atoms. The number of aromatic amines is 1. The largest absolute Gasteiger partial charge is 0.399 e. The molecule has 5 heteroatoms. The number of hydrogen-bond acceptors (Lipinski definition) is 3. The van der Waals surface area contributed by atoms with E-state index in [9.17, 15) is 0 Å². The van der Waals surface area contributed by atoms with E-state index in [1.807, 2.05) is 12.1 Å². The molecule has 0 unspecified atom stereocenters. The van der Waals surface area contributed by atoms with Crippen LogP contribution in [-0.4, -0.2) is 15.4 Å². The lowest BCUT2D eigenvalue weighted by Gasteiger charge is -1.88. The molecule has 0 saturated heterocycles. The fraction of sp³-hybridized carbons (Fsp3) is 0. The normalized spacial score (nSPS) is 9.45. The van der Waals surface area contributed by atoms with Gasteiger partial charge < -0.3 is 5.73 Å². The molecule has 0 aliphatic carbocycles. The van der Waals surface area contributed by atoms with E-state index in [0.29, 0.717) is 5.69 Å². The van der Waals surface area contributed by atoms with Crippen molar-refractivity contribution in [2.75, 3.05) is 5.73 Å². The van der Waals surface area contributed by atoms with Crippen molar-refractivity contribution in [1.82, 2.24) is 15.4 Å². The van der Waals surface area contributed by atoms with Crippen LogP contribution in [0.2, 0.25) is 0 Å². The fourth-order valence-corrected chi connectivity index (χ4v) is 0.859. The number of nitrogen functional groups attached to an aromatic ring is 1. The van der Waals surface area contributed by atoms with E-state index < -0.39 is 0 Å². The minimum absolute atomic E-state index is 0. The minimum Gasteiger partial charge on any atom is -0.399 e. The Morgan fingerprint density at radius 1 is 1.36 bits per heavy atom. The van der Waals surface area contributed by atoms with Gasteiger partial charge in [-0.05, 0) is 18.2 Å². The predicted octanol–water partition coefficient (Wildman–Crippen LogP) is 0.693. The van der Waals surface area contributed by atoms with Gasteiger partial charge >= 0.3 is 0 Å². The van der Waals surface area contributed by atoms with Crippen LogP contribution >= 0.6 is 0 Å². The number of anilines is 1. The molecule has 4 nitrogen and oxygen atoms in total. The summed E-state index contributed by atoms with van der Waals surface area (Å²) in [5.74, 6) is 0. The molecule has 58 valence electrons. The Bertz CT molecular complexity index is 356. The Labute approximate surface area is 61.8 Å². The number of halogens is 1. The van der Waals surface area contributed by atoms with E-state index >= 15 is 0 Å². The molecule has 0 bridgehead atoms. The molecular weight excluding hydrogens is 147 g/mol. The van der Waals surface area contributed by atoms with Crippen LogP contribution in [0, 0.1) is 0 Å². The lowest BCUT2D eigenvalue weighted by Crippen LogP contribution is -1.82. The average molecular weight is 154 g/mol. The van der Waals surface area contributed by atoms with Crippen molar-refractivity contribution in [1.29, 1.82) is 0 Å². The van der Waals surface area contributed by atoms with E-state index in [4.69, 9.17) is 5.73 Å². The van der Waals surface area contributed by atoms with Gasteiger partial charge in [-0.2, -0.15) is 0 Å². The van der Waals surface area contributed by atoms with Gasteiger partial charge in [0.15, 0.2) is 0 Å². The number of nitrogens with zero attached hydrogens (tertiary/aromatic N) is 2. The topological polar surface area (TPSA) is 67.6 Å². The summed E-state index contributed by atoms with van der Waals surface area (Å²) in [5, 5.41) is 10.1. The van der Waals surface area contributed by atoms with Gasteiger partial charge in [-0.15, -0.1) is 5.10 Å². The molecule has 0 spiro atoms. The van der Waals surface area contributed by atoms with Crippen LogP contribution in [-0.2, 0) is 0 Å². The van der Waals surface area contributed by atoms with Crippen LogP contribution < -0.4 is 5.73 Å². The number of nitrogens with two attached hydrogens (primary N) is 1. The quantitative estimate of drug-likeness (QED) is 0.548. The van der Waals surface area contributed by atoms with Gasteiger partial charge in [0, 0.05) is 5.69 Å². The van der Waals surface area contributed by atoms with Crippen molar-refractivity contribution in [3.63, 3.8) is 0 Å². The third-order valence-electron chi connectivity index (χ3n) is 1.35. The average Bonchev–Trinajstić information content (AvgIpc) is 2.33. The first-order chi connectivity index (χ1) is 4.86. The van der Waals surface area contributed by atoms with Crippen LogP contribution in [0.1, 0.15) is 0 Å². The standard InChI is InChI=1S/C6H6N4.FH/c7-4-1-2-5-6(3-4)9-10-8-5;/h1-3H,7H2,(H,8,9,10);1H. The first kappa shape index (κ1) is 7.46. The third-order valence-corrected chi connectivity index (χ3v) is 1.35. The Hall–Kier alpha value is -1.65. The zero-order valence-electron chi connectivity index (χ0n) is 5.61. The van der Waals surface area contributed by atoms with Crippen LogP contribution in [0.3, 0.4) is 0 Å². The number of nitrogens with one attached hydrogen (secondary N) is 1. The first-order valence-electron chi connectivity index (χ1n) is 2.92. The molecule has 0 atom stereocenters. The summed E-state index contributed by atoms with van der Waals surface area (Å²) >= 11 is 0. The van der Waals surface area contributed by atoms with Gasteiger partial charge in [-0.1, -0.05) is 5.21 Å². The van der Waals surface area contributed by atoms with Crippen molar-refractivity contribution < 1.29 is 4.70 Å². The molecule has 0 aliphatic heterocycles. The molecular formula is C6H7FN4. The fourth-order valence-electron chi connectivity index (χ4n) is 0.859. The van der Waals surface area contributed by atoms with Gasteiger partial charge in [0.05, 0.1) is 5.52 Å². The Morgan fingerprint density at radius 2 is 2.18 bits per heavy atom. The SMILES string of the molecule is F.Nc1ccc2[nH]nnc2c1. The molecule has 3 N–H and O–H groups in total. The number of hydrogen-bond donors (Lipinski definition) is 2. The molecule has 1 heterocycles. The first-order valence-corrected chi connectivity index (χ1v) is 2.92. The summed E-state index contributed by atoms with van der Waals surface area (Å²) in [6.45, 7) is 0. The van der Waals surface area contributed by atoms with Gasteiger partial charge in [0.25, 0.3) is 0 Å². The lowest BCUT2D eigenvalue weighted by molar-refractivity contribution is 0.959. The van der Waals surface area contributed by atoms with E-state index in [0.717, 1.165) is 11.0 Å². The number of aromatic nitrogens is 3. The second-order valence-electron chi connectivity index (χ2n) is 2.09. The van der Waals surface area contributed by atoms with Crippen molar-refractivity contribution in [3.05, 3.63) is 18.2 Å². The minimum atomic E-state index is 0. The number of benzene rings is 1. The molecule has 0 amide bonds. The molecule has 0 radical (unpaired) electrons. The maximum Gasteiger partial charge on any atom is 0.114 e. The van der Waals surface area contributed by atoms with Crippen molar-refractivity contribution in [3.8, 4) is 0 Å². The smallest absolute Gasteiger partial charge is 0.114 e. The Morgan fingerprint density at radius 3 is 3.00 bits per heavy atom. The van der Waals surface area contributed by atoms with E-state index in [-0.39, 0.29) is 4.70 Å². The number of H-pyrrole nitrogens is 1. The maximum absolute atomic E-state index is 5.50. The molecule has 0 aliphatic rings. The summed E-state index contributed by atoms with van der Waals surface area (Å²) in [6.07, 6.45) is 0. The van der Waals surface area contributed by atoms with Crippen molar-refractivity contribution >= 4 is 16.7 Å². The summed E-state index contributed by atoms with van der Waals surface area (Å²) in [6, 6.07) is 5.44. The Kier molecular flexibility index (Phi) is 1.72. The summed E-state index contributed by atoms with van der Waals surface area (Å²) in [5.41, 5.74) is 7.93. The van der Waals surface area contributed by atoms with Crippen molar-refractivity contribution in [2.24, 2.45) is 0 Å². The lowest BCUT2D eigenvalue weighted by atomic mass is 10.3. The molecule has 1 aromatic heterocycles. The molecule has 2 rings (SSSR count). The van der Waals surface area contributed by atoms with Gasteiger partial charge in [0.1, 0.15) is 5.52 Å². The highest BCUT2D eigenvalue weighted by atomic mass is 19.0. The van der Waals surface area contributed by atoms with E-state index in [1.54, 1.807) is 6.07 Å². The Balaban J connectivity index is 0.000000605. The number of rotatable bonds is 0.